The van der Waals surface area contributed by atoms with Crippen LogP contribution in [-0.2, 0) is 0 Å². The van der Waals surface area contributed by atoms with E-state index in [4.69, 9.17) is 5.73 Å². The molecule has 0 aromatic carbocycles. The second-order valence-corrected chi connectivity index (χ2v) is 4.83. The average molecular weight is 198 g/mol. The van der Waals surface area contributed by atoms with E-state index in [-0.39, 0.29) is 0 Å². The Balaban J connectivity index is 2.02. The molecule has 0 unspecified atom stereocenters. The van der Waals surface area contributed by atoms with Crippen molar-refractivity contribution in [1.29, 1.82) is 0 Å². The van der Waals surface area contributed by atoms with E-state index < -0.39 is 0 Å². The molecule has 1 rings (SSSR count). The maximum atomic E-state index is 5.87. The van der Waals surface area contributed by atoms with Crippen molar-refractivity contribution in [2.45, 2.75) is 52.0 Å². The van der Waals surface area contributed by atoms with Gasteiger partial charge in [0.2, 0.25) is 0 Å². The normalized spacial score (nSPS) is 22.5. The van der Waals surface area contributed by atoms with Gasteiger partial charge >= 0.3 is 0 Å². The first-order valence-electron chi connectivity index (χ1n) is 6.20. The molecular formula is C12H26N2. The first-order valence-corrected chi connectivity index (χ1v) is 6.20. The highest BCUT2D eigenvalue weighted by Gasteiger charge is 2.15. The van der Waals surface area contributed by atoms with Gasteiger partial charge in [-0.1, -0.05) is 20.3 Å². The Labute approximate surface area is 88.8 Å². The first-order chi connectivity index (χ1) is 6.72. The maximum absolute atomic E-state index is 5.87. The van der Waals surface area contributed by atoms with E-state index in [0.717, 1.165) is 5.92 Å². The molecule has 0 saturated carbocycles. The van der Waals surface area contributed by atoms with Crippen molar-refractivity contribution in [1.82, 2.24) is 4.90 Å². The van der Waals surface area contributed by atoms with E-state index in [1.807, 2.05) is 0 Å². The van der Waals surface area contributed by atoms with Gasteiger partial charge in [0.05, 0.1) is 0 Å². The Hall–Kier alpha value is -0.0800. The highest BCUT2D eigenvalue weighted by atomic mass is 15.1. The van der Waals surface area contributed by atoms with Crippen LogP contribution in [0.4, 0.5) is 0 Å². The third-order valence-electron chi connectivity index (χ3n) is 3.50. The maximum Gasteiger partial charge on any atom is 0.00631 e. The molecule has 14 heavy (non-hydrogen) atoms. The molecule has 1 saturated heterocycles. The molecule has 1 heterocycles. The molecule has 2 N–H and O–H groups in total. The van der Waals surface area contributed by atoms with Crippen LogP contribution in [0.1, 0.15) is 46.0 Å². The number of nitrogens with two attached hydrogens (primary N) is 1. The van der Waals surface area contributed by atoms with E-state index in [1.54, 1.807) is 0 Å². The van der Waals surface area contributed by atoms with Crippen LogP contribution in [0.2, 0.25) is 0 Å². The van der Waals surface area contributed by atoms with Gasteiger partial charge in [-0.25, -0.2) is 0 Å². The van der Waals surface area contributed by atoms with Gasteiger partial charge in [-0.15, -0.1) is 0 Å². The van der Waals surface area contributed by atoms with Crippen LogP contribution in [0.3, 0.4) is 0 Å². The summed E-state index contributed by atoms with van der Waals surface area (Å²) in [5, 5.41) is 0. The van der Waals surface area contributed by atoms with Crippen LogP contribution in [-0.4, -0.2) is 30.6 Å². The van der Waals surface area contributed by atoms with Gasteiger partial charge < -0.3 is 10.6 Å². The fraction of sp³-hybridized carbons (Fsp3) is 1.00. The average Bonchev–Trinajstić information content (AvgIpc) is 2.21. The standard InChI is InChI=1S/C12H26N2/c1-3-11(2)5-4-8-14-9-6-12(13)7-10-14/h11-12H,3-10,13H2,1-2H3/t11-/m0/s1. The molecule has 1 aliphatic heterocycles. The van der Waals surface area contributed by atoms with Crippen molar-refractivity contribution >= 4 is 0 Å². The number of likely N-dealkylation sites (tertiary alicyclic amines) is 1. The van der Waals surface area contributed by atoms with Crippen LogP contribution in [0.15, 0.2) is 0 Å². The van der Waals surface area contributed by atoms with E-state index in [0.29, 0.717) is 6.04 Å². The largest absolute Gasteiger partial charge is 0.328 e. The summed E-state index contributed by atoms with van der Waals surface area (Å²) in [7, 11) is 0. The van der Waals surface area contributed by atoms with Crippen molar-refractivity contribution in [2.75, 3.05) is 19.6 Å². The quantitative estimate of drug-likeness (QED) is 0.734. The fourth-order valence-electron chi connectivity index (χ4n) is 2.04. The molecule has 0 aliphatic carbocycles. The number of hydrogen-bond acceptors (Lipinski definition) is 2. The molecule has 84 valence electrons. The molecule has 0 radical (unpaired) electrons. The van der Waals surface area contributed by atoms with E-state index in [9.17, 15) is 0 Å². The molecule has 0 bridgehead atoms. The molecule has 0 aromatic rings. The minimum Gasteiger partial charge on any atom is -0.328 e. The lowest BCUT2D eigenvalue weighted by molar-refractivity contribution is 0.206. The topological polar surface area (TPSA) is 29.3 Å². The second kappa shape index (κ2) is 6.41. The summed E-state index contributed by atoms with van der Waals surface area (Å²) in [6, 6.07) is 0.473. The van der Waals surface area contributed by atoms with Gasteiger partial charge in [0.25, 0.3) is 0 Å². The first kappa shape index (κ1) is 12.0. The summed E-state index contributed by atoms with van der Waals surface area (Å²) in [6.45, 7) is 8.37. The monoisotopic (exact) mass is 198 g/mol. The molecule has 1 fully saturated rings. The Morgan fingerprint density at radius 2 is 2.00 bits per heavy atom. The Bertz CT molecular complexity index is 139. The smallest absolute Gasteiger partial charge is 0.00631 e. The minimum absolute atomic E-state index is 0.473. The van der Waals surface area contributed by atoms with Crippen LogP contribution >= 0.6 is 0 Å². The Morgan fingerprint density at radius 3 is 2.57 bits per heavy atom. The second-order valence-electron chi connectivity index (χ2n) is 4.83. The molecular weight excluding hydrogens is 172 g/mol. The summed E-state index contributed by atoms with van der Waals surface area (Å²) >= 11 is 0. The van der Waals surface area contributed by atoms with Gasteiger partial charge in [-0.05, 0) is 51.2 Å². The molecule has 0 spiro atoms. The van der Waals surface area contributed by atoms with Gasteiger partial charge in [0.1, 0.15) is 0 Å². The minimum atomic E-state index is 0.473. The van der Waals surface area contributed by atoms with E-state index in [2.05, 4.69) is 18.7 Å². The summed E-state index contributed by atoms with van der Waals surface area (Å²) in [6.07, 6.45) is 6.47. The number of hydrogen-bond donors (Lipinski definition) is 1. The van der Waals surface area contributed by atoms with Crippen molar-refractivity contribution in [3.05, 3.63) is 0 Å². The van der Waals surface area contributed by atoms with Crippen molar-refractivity contribution in [3.63, 3.8) is 0 Å². The highest BCUT2D eigenvalue weighted by molar-refractivity contribution is 4.73. The Kier molecular flexibility index (Phi) is 5.49. The lowest BCUT2D eigenvalue weighted by atomic mass is 10.0. The summed E-state index contributed by atoms with van der Waals surface area (Å²) < 4.78 is 0. The number of rotatable bonds is 5. The fourth-order valence-corrected chi connectivity index (χ4v) is 2.04. The summed E-state index contributed by atoms with van der Waals surface area (Å²) in [5.41, 5.74) is 5.87. The van der Waals surface area contributed by atoms with E-state index >= 15 is 0 Å². The van der Waals surface area contributed by atoms with Crippen LogP contribution in [0, 0.1) is 5.92 Å². The summed E-state index contributed by atoms with van der Waals surface area (Å²) in [5.74, 6) is 0.905. The van der Waals surface area contributed by atoms with Gasteiger partial charge in [0.15, 0.2) is 0 Å². The molecule has 1 atom stereocenters. The third-order valence-corrected chi connectivity index (χ3v) is 3.50. The van der Waals surface area contributed by atoms with Crippen molar-refractivity contribution in [3.8, 4) is 0 Å². The highest BCUT2D eigenvalue weighted by Crippen LogP contribution is 2.12. The zero-order chi connectivity index (χ0) is 10.4. The van der Waals surface area contributed by atoms with Crippen LogP contribution in [0.5, 0.6) is 0 Å². The predicted molar refractivity (Wildman–Crippen MR) is 62.3 cm³/mol. The molecule has 2 nitrogen and oxygen atoms in total. The van der Waals surface area contributed by atoms with Crippen molar-refractivity contribution < 1.29 is 0 Å². The van der Waals surface area contributed by atoms with Gasteiger partial charge in [-0.2, -0.15) is 0 Å². The molecule has 1 aliphatic rings. The zero-order valence-corrected chi connectivity index (χ0v) is 9.84. The molecule has 2 heteroatoms. The van der Waals surface area contributed by atoms with Gasteiger partial charge in [0, 0.05) is 6.04 Å². The van der Waals surface area contributed by atoms with Crippen LogP contribution < -0.4 is 5.73 Å². The van der Waals surface area contributed by atoms with Crippen LogP contribution in [0.25, 0.3) is 0 Å². The predicted octanol–water partition coefficient (Wildman–Crippen LogP) is 2.24. The number of nitrogens with zero attached hydrogens (tertiary/aromatic N) is 1. The van der Waals surface area contributed by atoms with Gasteiger partial charge in [-0.3, -0.25) is 0 Å². The molecule has 0 aromatic heterocycles. The zero-order valence-electron chi connectivity index (χ0n) is 9.84. The SMILES string of the molecule is CC[C@H](C)CCCN1CCC(N)CC1. The van der Waals surface area contributed by atoms with E-state index in [1.165, 1.54) is 51.7 Å². The number of piperidine rings is 1. The lowest BCUT2D eigenvalue weighted by Gasteiger charge is -2.30. The lowest BCUT2D eigenvalue weighted by Crippen LogP contribution is -2.40. The van der Waals surface area contributed by atoms with Crippen molar-refractivity contribution in [2.24, 2.45) is 11.7 Å². The Morgan fingerprint density at radius 1 is 1.36 bits per heavy atom. The summed E-state index contributed by atoms with van der Waals surface area (Å²) in [4.78, 5) is 2.58. The molecule has 0 amide bonds. The third kappa shape index (κ3) is 4.43.